The number of carbonyl (C=O) groups is 3. The molecule has 0 aromatic heterocycles. The number of hydrazine groups is 1. The van der Waals surface area contributed by atoms with Gasteiger partial charge >= 0.3 is 6.03 Å². The molecule has 8 heteroatoms. The van der Waals surface area contributed by atoms with Crippen LogP contribution in [0, 0.1) is 0 Å². The summed E-state index contributed by atoms with van der Waals surface area (Å²) in [6, 6.07) is -0.627. The lowest BCUT2D eigenvalue weighted by Gasteiger charge is -2.50. The Morgan fingerprint density at radius 1 is 1.24 bits per heavy atom. The first kappa shape index (κ1) is 11.6. The lowest BCUT2D eigenvalue weighted by Crippen LogP contribution is -2.72. The van der Waals surface area contributed by atoms with Crippen LogP contribution in [0.1, 0.15) is 0 Å². The molecule has 0 aromatic rings. The largest absolute Gasteiger partial charge is 0.350 e. The van der Waals surface area contributed by atoms with E-state index < -0.39 is 12.2 Å². The second-order valence-corrected chi connectivity index (χ2v) is 4.28. The molecule has 94 valence electrons. The first-order valence-electron chi connectivity index (χ1n) is 5.25. The van der Waals surface area contributed by atoms with E-state index in [0.717, 1.165) is 0 Å². The van der Waals surface area contributed by atoms with Crippen LogP contribution < -0.4 is 5.73 Å². The Hall–Kier alpha value is -1.83. The van der Waals surface area contributed by atoms with E-state index in [1.54, 1.807) is 14.1 Å². The topological polar surface area (TPSA) is 90.2 Å². The average molecular weight is 241 g/mol. The summed E-state index contributed by atoms with van der Waals surface area (Å²) in [6.07, 6.45) is -0.499. The number of hydrogen-bond acceptors (Lipinski definition) is 4. The van der Waals surface area contributed by atoms with Crippen molar-refractivity contribution < 1.29 is 14.4 Å². The van der Waals surface area contributed by atoms with Gasteiger partial charge in [-0.15, -0.1) is 0 Å². The van der Waals surface area contributed by atoms with Crippen molar-refractivity contribution in [1.29, 1.82) is 0 Å². The van der Waals surface area contributed by atoms with E-state index in [0.29, 0.717) is 0 Å². The number of nitrogens with zero attached hydrogens (tertiary/aromatic N) is 4. The Kier molecular flexibility index (Phi) is 2.66. The molecule has 2 aliphatic rings. The van der Waals surface area contributed by atoms with Crippen molar-refractivity contribution in [3.63, 3.8) is 0 Å². The fourth-order valence-corrected chi connectivity index (χ4v) is 2.19. The van der Waals surface area contributed by atoms with Crippen molar-refractivity contribution in [2.45, 2.75) is 6.17 Å². The van der Waals surface area contributed by atoms with Gasteiger partial charge < -0.3 is 15.5 Å². The van der Waals surface area contributed by atoms with Gasteiger partial charge in [-0.1, -0.05) is 0 Å². The minimum atomic E-state index is -0.627. The van der Waals surface area contributed by atoms with Crippen LogP contribution in [-0.4, -0.2) is 77.6 Å². The number of likely N-dealkylation sites (N-methyl/N-ethyl adjacent to an activating group) is 2. The Balaban J connectivity index is 2.29. The van der Waals surface area contributed by atoms with Gasteiger partial charge in [0.1, 0.15) is 12.7 Å². The van der Waals surface area contributed by atoms with Crippen LogP contribution in [-0.2, 0) is 9.59 Å². The zero-order chi connectivity index (χ0) is 12.7. The van der Waals surface area contributed by atoms with Crippen molar-refractivity contribution >= 4 is 17.8 Å². The van der Waals surface area contributed by atoms with Crippen molar-refractivity contribution in [3.8, 4) is 0 Å². The minimum absolute atomic E-state index is 0.00236. The molecule has 17 heavy (non-hydrogen) atoms. The average Bonchev–Trinajstić information content (AvgIpc) is 2.20. The maximum absolute atomic E-state index is 11.8. The number of urea groups is 1. The Morgan fingerprint density at radius 2 is 1.88 bits per heavy atom. The van der Waals surface area contributed by atoms with Crippen LogP contribution >= 0.6 is 0 Å². The van der Waals surface area contributed by atoms with Gasteiger partial charge in [-0.05, 0) is 0 Å². The smallest absolute Gasteiger partial charge is 0.331 e. The molecule has 2 heterocycles. The summed E-state index contributed by atoms with van der Waals surface area (Å²) < 4.78 is 0. The van der Waals surface area contributed by atoms with Gasteiger partial charge in [0.2, 0.25) is 11.8 Å². The molecule has 2 rings (SSSR count). The second-order valence-electron chi connectivity index (χ2n) is 4.28. The summed E-state index contributed by atoms with van der Waals surface area (Å²) in [6.45, 7) is 0.325. The third-order valence-electron chi connectivity index (χ3n) is 3.09. The van der Waals surface area contributed by atoms with E-state index in [1.165, 1.54) is 19.8 Å². The van der Waals surface area contributed by atoms with E-state index in [4.69, 9.17) is 5.73 Å². The van der Waals surface area contributed by atoms with Crippen molar-refractivity contribution in [1.82, 2.24) is 19.8 Å². The van der Waals surface area contributed by atoms with E-state index in [9.17, 15) is 14.4 Å². The first-order chi connectivity index (χ1) is 7.91. The van der Waals surface area contributed by atoms with Crippen LogP contribution in [0.2, 0.25) is 0 Å². The molecule has 0 aromatic carbocycles. The van der Waals surface area contributed by atoms with Crippen LogP contribution in [0.4, 0.5) is 4.79 Å². The van der Waals surface area contributed by atoms with E-state index in [2.05, 4.69) is 0 Å². The highest BCUT2D eigenvalue weighted by molar-refractivity contribution is 5.88. The van der Waals surface area contributed by atoms with Gasteiger partial charge in [0.25, 0.3) is 0 Å². The van der Waals surface area contributed by atoms with Crippen LogP contribution in [0.3, 0.4) is 0 Å². The van der Waals surface area contributed by atoms with Crippen molar-refractivity contribution in [2.75, 3.05) is 33.7 Å². The molecule has 0 saturated carbocycles. The number of nitrogens with two attached hydrogens (primary N) is 1. The number of rotatable bonds is 0. The Bertz CT molecular complexity index is 385. The molecule has 2 aliphatic heterocycles. The molecule has 8 nitrogen and oxygen atoms in total. The van der Waals surface area contributed by atoms with Gasteiger partial charge in [0, 0.05) is 14.1 Å². The highest BCUT2D eigenvalue weighted by Gasteiger charge is 2.44. The maximum atomic E-state index is 11.8. The molecule has 4 amide bonds. The zero-order valence-corrected chi connectivity index (χ0v) is 9.79. The van der Waals surface area contributed by atoms with E-state index >= 15 is 0 Å². The summed E-state index contributed by atoms with van der Waals surface area (Å²) in [5, 5.41) is 2.79. The molecule has 0 radical (unpaired) electrons. The van der Waals surface area contributed by atoms with Crippen LogP contribution in [0.15, 0.2) is 0 Å². The first-order valence-corrected chi connectivity index (χ1v) is 5.25. The van der Waals surface area contributed by atoms with Crippen LogP contribution in [0.5, 0.6) is 0 Å². The number of amides is 4. The molecule has 2 fully saturated rings. The SMILES string of the molecule is CN1CC2N(CC1=O)C(=O)CN(C)N2C(N)=O. The highest BCUT2D eigenvalue weighted by atomic mass is 16.2. The van der Waals surface area contributed by atoms with E-state index in [-0.39, 0.29) is 31.4 Å². The predicted octanol–water partition coefficient (Wildman–Crippen LogP) is -2.15. The van der Waals surface area contributed by atoms with Crippen molar-refractivity contribution in [3.05, 3.63) is 0 Å². The van der Waals surface area contributed by atoms with Crippen LogP contribution in [0.25, 0.3) is 0 Å². The molecule has 2 saturated heterocycles. The van der Waals surface area contributed by atoms with Gasteiger partial charge in [-0.2, -0.15) is 0 Å². The third kappa shape index (κ3) is 1.80. The summed E-state index contributed by atoms with van der Waals surface area (Å²) in [7, 11) is 3.26. The Morgan fingerprint density at radius 3 is 2.47 bits per heavy atom. The quantitative estimate of drug-likeness (QED) is 0.524. The standard InChI is InChI=1S/C9H15N5O3/c1-11-3-6-13(5-7(11)15)8(16)4-12(2)14(6)9(10)17/h6H,3-5H2,1-2H3,(H2,10,17). The maximum Gasteiger partial charge on any atom is 0.331 e. The molecule has 1 unspecified atom stereocenters. The predicted molar refractivity (Wildman–Crippen MR) is 57.2 cm³/mol. The highest BCUT2D eigenvalue weighted by Crippen LogP contribution is 2.19. The molecular formula is C9H15N5O3. The van der Waals surface area contributed by atoms with Gasteiger partial charge in [0.15, 0.2) is 0 Å². The number of primary amides is 1. The third-order valence-corrected chi connectivity index (χ3v) is 3.09. The molecule has 0 spiro atoms. The molecule has 0 bridgehead atoms. The van der Waals surface area contributed by atoms with Crippen molar-refractivity contribution in [2.24, 2.45) is 5.73 Å². The molecule has 2 N–H and O–H groups in total. The lowest BCUT2D eigenvalue weighted by molar-refractivity contribution is -0.176. The molecule has 0 aliphatic carbocycles. The number of hydrogen-bond donors (Lipinski definition) is 1. The number of piperazine rings is 1. The fraction of sp³-hybridized carbons (Fsp3) is 0.667. The summed E-state index contributed by atoms with van der Waals surface area (Å²) in [5.41, 5.74) is 5.29. The Labute approximate surface area is 98.5 Å². The minimum Gasteiger partial charge on any atom is -0.350 e. The summed E-state index contributed by atoms with van der Waals surface area (Å²) in [4.78, 5) is 37.6. The number of carbonyl (C=O) groups excluding carboxylic acids is 3. The number of fused-ring (bicyclic) bond motifs is 1. The second kappa shape index (κ2) is 3.88. The lowest BCUT2D eigenvalue weighted by atomic mass is 10.2. The van der Waals surface area contributed by atoms with Gasteiger partial charge in [-0.3, -0.25) is 9.59 Å². The normalized spacial score (nSPS) is 26.2. The summed E-state index contributed by atoms with van der Waals surface area (Å²) >= 11 is 0. The molecular weight excluding hydrogens is 226 g/mol. The van der Waals surface area contributed by atoms with Gasteiger partial charge in [-0.25, -0.2) is 14.8 Å². The van der Waals surface area contributed by atoms with Gasteiger partial charge in [0.05, 0.1) is 13.1 Å². The zero-order valence-electron chi connectivity index (χ0n) is 9.79. The summed E-state index contributed by atoms with van der Waals surface area (Å²) in [5.74, 6) is -0.306. The monoisotopic (exact) mass is 241 g/mol. The van der Waals surface area contributed by atoms with E-state index in [1.807, 2.05) is 0 Å². The fourth-order valence-electron chi connectivity index (χ4n) is 2.19. The molecule has 1 atom stereocenters.